The molecule has 1 aromatic heterocycles. The summed E-state index contributed by atoms with van der Waals surface area (Å²) in [6.07, 6.45) is 1.51. The quantitative estimate of drug-likeness (QED) is 0.778. The van der Waals surface area contributed by atoms with E-state index in [1.165, 1.54) is 11.3 Å². The molecule has 1 atom stereocenters. The van der Waals surface area contributed by atoms with Crippen LogP contribution in [-0.4, -0.2) is 41.3 Å². The number of carbonyl (C=O) groups excluding carboxylic acids is 1. The first-order valence-electron chi connectivity index (χ1n) is 6.13. The van der Waals surface area contributed by atoms with Gasteiger partial charge in [-0.2, -0.15) is 11.8 Å². The van der Waals surface area contributed by atoms with Crippen molar-refractivity contribution < 1.29 is 9.90 Å². The zero-order valence-electron chi connectivity index (χ0n) is 10.4. The summed E-state index contributed by atoms with van der Waals surface area (Å²) in [5, 5.41) is 15.6. The van der Waals surface area contributed by atoms with Crippen LogP contribution >= 0.6 is 34.7 Å². The normalized spacial score (nSPS) is 22.4. The smallest absolute Gasteiger partial charge is 0.314 e. The Morgan fingerprint density at radius 2 is 2.32 bits per heavy atom. The highest BCUT2D eigenvalue weighted by Gasteiger charge is 2.31. The van der Waals surface area contributed by atoms with Crippen molar-refractivity contribution in [3.63, 3.8) is 0 Å². The summed E-state index contributed by atoms with van der Waals surface area (Å²) in [6.45, 7) is 0.881. The summed E-state index contributed by atoms with van der Waals surface area (Å²) in [5.74, 6) is 1.65. The van der Waals surface area contributed by atoms with Crippen molar-refractivity contribution in [3.8, 4) is 0 Å². The van der Waals surface area contributed by atoms with Gasteiger partial charge in [-0.15, -0.1) is 11.3 Å². The Kier molecular flexibility index (Phi) is 5.38. The van der Waals surface area contributed by atoms with Crippen molar-refractivity contribution in [2.45, 2.75) is 18.4 Å². The van der Waals surface area contributed by atoms with E-state index >= 15 is 0 Å². The zero-order chi connectivity index (χ0) is 13.7. The van der Waals surface area contributed by atoms with Gasteiger partial charge < -0.3 is 15.7 Å². The number of amides is 2. The third-order valence-corrected chi connectivity index (χ3v) is 5.47. The van der Waals surface area contributed by atoms with Gasteiger partial charge >= 0.3 is 6.03 Å². The van der Waals surface area contributed by atoms with Crippen LogP contribution in [0.25, 0.3) is 0 Å². The predicted molar refractivity (Wildman–Crippen MR) is 81.3 cm³/mol. The van der Waals surface area contributed by atoms with Gasteiger partial charge in [-0.25, -0.2) is 4.79 Å². The minimum absolute atomic E-state index is 0.229. The average Bonchev–Trinajstić information content (AvgIpc) is 2.97. The van der Waals surface area contributed by atoms with E-state index in [4.69, 9.17) is 11.6 Å². The summed E-state index contributed by atoms with van der Waals surface area (Å²) in [6, 6.07) is 3.59. The first kappa shape index (κ1) is 15.0. The number of nitrogens with one attached hydrogen (secondary N) is 2. The Balaban J connectivity index is 1.62. The number of hydrogen-bond acceptors (Lipinski definition) is 4. The fourth-order valence-electron chi connectivity index (χ4n) is 1.83. The van der Waals surface area contributed by atoms with Gasteiger partial charge in [0.05, 0.1) is 9.94 Å². The third-order valence-electron chi connectivity index (χ3n) is 2.95. The van der Waals surface area contributed by atoms with Crippen molar-refractivity contribution in [2.75, 3.05) is 24.6 Å². The summed E-state index contributed by atoms with van der Waals surface area (Å²) in [5.41, 5.74) is -0.733. The molecule has 1 aromatic rings. The highest BCUT2D eigenvalue weighted by Crippen LogP contribution is 2.26. The lowest BCUT2D eigenvalue weighted by molar-refractivity contribution is 0.0700. The Morgan fingerprint density at radius 3 is 2.95 bits per heavy atom. The molecule has 0 radical (unpaired) electrons. The summed E-state index contributed by atoms with van der Waals surface area (Å²) in [7, 11) is 0. The van der Waals surface area contributed by atoms with Crippen molar-refractivity contribution in [1.29, 1.82) is 0 Å². The van der Waals surface area contributed by atoms with Crippen LogP contribution in [0.3, 0.4) is 0 Å². The van der Waals surface area contributed by atoms with E-state index < -0.39 is 5.60 Å². The first-order chi connectivity index (χ1) is 9.07. The maximum absolute atomic E-state index is 11.6. The summed E-state index contributed by atoms with van der Waals surface area (Å²) in [4.78, 5) is 12.7. The van der Waals surface area contributed by atoms with Gasteiger partial charge in [0, 0.05) is 23.7 Å². The maximum atomic E-state index is 11.6. The van der Waals surface area contributed by atoms with Gasteiger partial charge in [-0.1, -0.05) is 11.6 Å². The molecule has 2 amide bonds. The molecule has 0 spiro atoms. The van der Waals surface area contributed by atoms with Crippen molar-refractivity contribution in [2.24, 2.45) is 0 Å². The van der Waals surface area contributed by atoms with E-state index in [2.05, 4.69) is 10.6 Å². The summed E-state index contributed by atoms with van der Waals surface area (Å²) < 4.78 is 0.764. The largest absolute Gasteiger partial charge is 0.387 e. The van der Waals surface area contributed by atoms with Crippen molar-refractivity contribution in [1.82, 2.24) is 10.6 Å². The summed E-state index contributed by atoms with van der Waals surface area (Å²) >= 11 is 9.07. The molecule has 1 unspecified atom stereocenters. The lowest BCUT2D eigenvalue weighted by Crippen LogP contribution is -2.46. The molecule has 0 bridgehead atoms. The van der Waals surface area contributed by atoms with Crippen LogP contribution in [0, 0.1) is 0 Å². The highest BCUT2D eigenvalue weighted by molar-refractivity contribution is 7.99. The molecule has 3 N–H and O–H groups in total. The van der Waals surface area contributed by atoms with Gasteiger partial charge in [-0.3, -0.25) is 0 Å². The first-order valence-corrected chi connectivity index (χ1v) is 8.48. The number of urea groups is 1. The lowest BCUT2D eigenvalue weighted by atomic mass is 10.0. The Bertz CT molecular complexity index is 433. The minimum Gasteiger partial charge on any atom is -0.387 e. The monoisotopic (exact) mass is 320 g/mol. The maximum Gasteiger partial charge on any atom is 0.314 e. The molecule has 0 saturated carbocycles. The number of hydrogen-bond donors (Lipinski definition) is 3. The molecule has 2 rings (SSSR count). The number of rotatable bonds is 5. The van der Waals surface area contributed by atoms with E-state index in [0.717, 1.165) is 27.8 Å². The van der Waals surface area contributed by atoms with Crippen molar-refractivity contribution in [3.05, 3.63) is 21.3 Å². The molecule has 0 aromatic carbocycles. The molecular weight excluding hydrogens is 304 g/mol. The lowest BCUT2D eigenvalue weighted by Gasteiger charge is -2.21. The molecule has 4 nitrogen and oxygen atoms in total. The third kappa shape index (κ3) is 4.87. The van der Waals surface area contributed by atoms with Crippen LogP contribution in [0.4, 0.5) is 4.79 Å². The van der Waals surface area contributed by atoms with E-state index in [9.17, 15) is 9.90 Å². The Morgan fingerprint density at radius 1 is 1.47 bits per heavy atom. The van der Waals surface area contributed by atoms with Crippen LogP contribution in [-0.2, 0) is 6.42 Å². The minimum atomic E-state index is -0.733. The predicted octanol–water partition coefficient (Wildman–Crippen LogP) is 2.11. The fraction of sp³-hybridized carbons (Fsp3) is 0.583. The second-order valence-electron chi connectivity index (χ2n) is 4.59. The number of thioether (sulfide) groups is 1. The van der Waals surface area contributed by atoms with E-state index in [0.29, 0.717) is 18.8 Å². The SMILES string of the molecule is O=C(NCCc1ccc(Cl)s1)NCC1(O)CCSC1. The Hall–Kier alpha value is -0.430. The number of halogens is 1. The van der Waals surface area contributed by atoms with Crippen LogP contribution < -0.4 is 10.6 Å². The molecule has 1 fully saturated rings. The number of thiophene rings is 1. The van der Waals surface area contributed by atoms with Crippen LogP contribution in [0.2, 0.25) is 4.34 Å². The molecular formula is C12H17ClN2O2S2. The molecule has 19 heavy (non-hydrogen) atoms. The standard InChI is InChI=1S/C12H17ClN2O2S2/c13-10-2-1-9(19-10)3-5-14-11(16)15-7-12(17)4-6-18-8-12/h1-2,17H,3-8H2,(H2,14,15,16). The second-order valence-corrected chi connectivity index (χ2v) is 7.50. The molecule has 2 heterocycles. The van der Waals surface area contributed by atoms with Gasteiger partial charge in [0.25, 0.3) is 0 Å². The van der Waals surface area contributed by atoms with Crippen LogP contribution in [0.15, 0.2) is 12.1 Å². The fourth-order valence-corrected chi connectivity index (χ4v) is 4.21. The van der Waals surface area contributed by atoms with Crippen molar-refractivity contribution >= 4 is 40.7 Å². The molecule has 1 saturated heterocycles. The van der Waals surface area contributed by atoms with Gasteiger partial charge in [0.15, 0.2) is 0 Å². The van der Waals surface area contributed by atoms with E-state index in [1.807, 2.05) is 12.1 Å². The second kappa shape index (κ2) is 6.83. The topological polar surface area (TPSA) is 61.4 Å². The van der Waals surface area contributed by atoms with E-state index in [-0.39, 0.29) is 6.03 Å². The molecule has 7 heteroatoms. The van der Waals surface area contributed by atoms with Crippen LogP contribution in [0.5, 0.6) is 0 Å². The van der Waals surface area contributed by atoms with Gasteiger partial charge in [-0.05, 0) is 30.7 Å². The average molecular weight is 321 g/mol. The molecule has 1 aliphatic rings. The van der Waals surface area contributed by atoms with E-state index in [1.54, 1.807) is 11.8 Å². The number of aliphatic hydroxyl groups is 1. The highest BCUT2D eigenvalue weighted by atomic mass is 35.5. The molecule has 1 aliphatic heterocycles. The molecule has 106 valence electrons. The Labute approximate surface area is 125 Å². The zero-order valence-corrected chi connectivity index (χ0v) is 12.8. The van der Waals surface area contributed by atoms with Crippen LogP contribution in [0.1, 0.15) is 11.3 Å². The molecule has 0 aliphatic carbocycles. The van der Waals surface area contributed by atoms with Gasteiger partial charge in [0.2, 0.25) is 0 Å². The number of carbonyl (C=O) groups is 1. The van der Waals surface area contributed by atoms with Gasteiger partial charge in [0.1, 0.15) is 0 Å².